The molecule has 0 N–H and O–H groups in total. The van der Waals surface area contributed by atoms with E-state index in [2.05, 4.69) is 36.7 Å². The van der Waals surface area contributed by atoms with Crippen LogP contribution in [0.3, 0.4) is 0 Å². The summed E-state index contributed by atoms with van der Waals surface area (Å²) in [5.41, 5.74) is 0.390. The summed E-state index contributed by atoms with van der Waals surface area (Å²) in [6.45, 7) is 7.74. The Bertz CT molecular complexity index is 118. The first kappa shape index (κ1) is 13.4. The van der Waals surface area contributed by atoms with Crippen LogP contribution in [0.4, 0.5) is 0 Å². The molecule has 0 aliphatic heterocycles. The number of hydrogen-bond donors (Lipinski definition) is 0. The van der Waals surface area contributed by atoms with Crippen LogP contribution in [0.2, 0.25) is 0 Å². The lowest BCUT2D eigenvalue weighted by molar-refractivity contribution is 0.191. The van der Waals surface area contributed by atoms with Gasteiger partial charge in [0.15, 0.2) is 0 Å². The highest BCUT2D eigenvalue weighted by Crippen LogP contribution is 2.29. The van der Waals surface area contributed by atoms with Gasteiger partial charge < -0.3 is 4.74 Å². The third kappa shape index (κ3) is 7.51. The zero-order chi connectivity index (χ0) is 10.3. The van der Waals surface area contributed by atoms with Crippen molar-refractivity contribution in [1.82, 2.24) is 0 Å². The fourth-order valence-corrected chi connectivity index (χ4v) is 1.50. The smallest absolute Gasteiger partial charge is 0.0462 e. The number of halogens is 1. The first-order valence-corrected chi connectivity index (χ1v) is 6.03. The highest BCUT2D eigenvalue weighted by Gasteiger charge is 2.20. The van der Waals surface area contributed by atoms with Crippen LogP contribution in [0.1, 0.15) is 46.5 Å². The van der Waals surface area contributed by atoms with E-state index >= 15 is 0 Å². The van der Waals surface area contributed by atoms with Crippen LogP contribution >= 0.6 is 15.9 Å². The molecule has 0 radical (unpaired) electrons. The van der Waals surface area contributed by atoms with Crippen LogP contribution < -0.4 is 0 Å². The summed E-state index contributed by atoms with van der Waals surface area (Å²) in [7, 11) is 1.77. The summed E-state index contributed by atoms with van der Waals surface area (Å²) in [6, 6.07) is 0. The van der Waals surface area contributed by atoms with E-state index in [1.165, 1.54) is 25.7 Å². The molecule has 0 bridgehead atoms. The number of methoxy groups -OCH3 is 1. The highest BCUT2D eigenvalue weighted by atomic mass is 79.9. The Kier molecular flexibility index (Phi) is 7.06. The summed E-state index contributed by atoms with van der Waals surface area (Å²) in [5, 5.41) is 0. The first-order valence-electron chi connectivity index (χ1n) is 5.11. The first-order chi connectivity index (χ1) is 5.98. The van der Waals surface area contributed by atoms with Crippen LogP contribution in [0.25, 0.3) is 0 Å². The van der Waals surface area contributed by atoms with Crippen molar-refractivity contribution in [2.45, 2.75) is 51.3 Å². The molecule has 0 amide bonds. The van der Waals surface area contributed by atoms with Crippen molar-refractivity contribution < 1.29 is 4.74 Å². The highest BCUT2D eigenvalue weighted by molar-refractivity contribution is 9.09. The van der Waals surface area contributed by atoms with Gasteiger partial charge in [-0.25, -0.2) is 0 Å². The van der Waals surface area contributed by atoms with Gasteiger partial charge in [-0.2, -0.15) is 0 Å². The van der Waals surface area contributed by atoms with Crippen molar-refractivity contribution >= 4 is 15.9 Å². The minimum atomic E-state index is 0.390. The van der Waals surface area contributed by atoms with Gasteiger partial charge in [0.05, 0.1) is 0 Å². The standard InChI is InChI=1S/C11H23BrO/c1-11(2,3)10(12)8-6-5-7-9-13-4/h10H,5-9H2,1-4H3. The maximum atomic E-state index is 5.00. The number of unbranched alkanes of at least 4 members (excludes halogenated alkanes) is 2. The Morgan fingerprint density at radius 1 is 1.15 bits per heavy atom. The predicted octanol–water partition coefficient (Wildman–Crippen LogP) is 4.00. The van der Waals surface area contributed by atoms with Gasteiger partial charge in [-0.05, 0) is 18.3 Å². The molecule has 0 aliphatic carbocycles. The average Bonchev–Trinajstić information content (AvgIpc) is 2.02. The minimum Gasteiger partial charge on any atom is -0.385 e. The molecule has 1 unspecified atom stereocenters. The van der Waals surface area contributed by atoms with Gasteiger partial charge in [-0.3, -0.25) is 0 Å². The third-order valence-corrected chi connectivity index (χ3v) is 4.08. The molecular formula is C11H23BrO. The molecule has 0 aromatic rings. The number of rotatable bonds is 6. The Hall–Kier alpha value is 0.440. The summed E-state index contributed by atoms with van der Waals surface area (Å²) < 4.78 is 5.00. The molecule has 0 aliphatic rings. The molecule has 0 fully saturated rings. The van der Waals surface area contributed by atoms with Gasteiger partial charge in [0.1, 0.15) is 0 Å². The van der Waals surface area contributed by atoms with Crippen molar-refractivity contribution in [2.24, 2.45) is 5.41 Å². The van der Waals surface area contributed by atoms with Gasteiger partial charge in [-0.15, -0.1) is 0 Å². The molecule has 1 nitrogen and oxygen atoms in total. The minimum absolute atomic E-state index is 0.390. The SMILES string of the molecule is COCCCCCC(Br)C(C)(C)C. The largest absolute Gasteiger partial charge is 0.385 e. The van der Waals surface area contributed by atoms with E-state index in [1.807, 2.05) is 0 Å². The van der Waals surface area contributed by atoms with Gasteiger partial charge in [-0.1, -0.05) is 49.5 Å². The van der Waals surface area contributed by atoms with E-state index in [-0.39, 0.29) is 0 Å². The lowest BCUT2D eigenvalue weighted by Gasteiger charge is -2.25. The fourth-order valence-electron chi connectivity index (χ4n) is 1.18. The van der Waals surface area contributed by atoms with E-state index in [4.69, 9.17) is 4.74 Å². The Labute approximate surface area is 91.4 Å². The van der Waals surface area contributed by atoms with Crippen LogP contribution in [-0.4, -0.2) is 18.5 Å². The zero-order valence-electron chi connectivity index (χ0n) is 9.40. The lowest BCUT2D eigenvalue weighted by Crippen LogP contribution is -2.19. The summed E-state index contributed by atoms with van der Waals surface area (Å²) >= 11 is 3.74. The molecule has 0 saturated carbocycles. The van der Waals surface area contributed by atoms with E-state index in [0.717, 1.165) is 6.61 Å². The quantitative estimate of drug-likeness (QED) is 0.512. The van der Waals surface area contributed by atoms with Gasteiger partial charge >= 0.3 is 0 Å². The van der Waals surface area contributed by atoms with Crippen molar-refractivity contribution in [3.63, 3.8) is 0 Å². The molecule has 80 valence electrons. The average molecular weight is 251 g/mol. The molecule has 0 spiro atoms. The Morgan fingerprint density at radius 2 is 1.77 bits per heavy atom. The maximum absolute atomic E-state index is 5.00. The van der Waals surface area contributed by atoms with E-state index < -0.39 is 0 Å². The summed E-state index contributed by atoms with van der Waals surface area (Å²) in [4.78, 5) is 0.641. The maximum Gasteiger partial charge on any atom is 0.0462 e. The fraction of sp³-hybridized carbons (Fsp3) is 1.00. The summed E-state index contributed by atoms with van der Waals surface area (Å²) in [5.74, 6) is 0. The van der Waals surface area contributed by atoms with E-state index in [1.54, 1.807) is 7.11 Å². The molecule has 0 heterocycles. The second kappa shape index (κ2) is 6.83. The van der Waals surface area contributed by atoms with E-state index in [0.29, 0.717) is 10.2 Å². The molecule has 13 heavy (non-hydrogen) atoms. The van der Waals surface area contributed by atoms with E-state index in [9.17, 15) is 0 Å². The number of alkyl halides is 1. The number of ether oxygens (including phenoxy) is 1. The zero-order valence-corrected chi connectivity index (χ0v) is 11.0. The second-order valence-electron chi connectivity index (χ2n) is 4.68. The topological polar surface area (TPSA) is 9.23 Å². The normalized spacial score (nSPS) is 14.5. The molecular weight excluding hydrogens is 228 g/mol. The Morgan fingerprint density at radius 3 is 2.23 bits per heavy atom. The molecule has 0 aromatic carbocycles. The van der Waals surface area contributed by atoms with Crippen LogP contribution in [0.15, 0.2) is 0 Å². The molecule has 1 atom stereocenters. The second-order valence-corrected chi connectivity index (χ2v) is 5.78. The Balaban J connectivity index is 3.32. The molecule has 0 rings (SSSR count). The van der Waals surface area contributed by atoms with Gasteiger partial charge in [0.25, 0.3) is 0 Å². The van der Waals surface area contributed by atoms with Gasteiger partial charge in [0, 0.05) is 18.5 Å². The van der Waals surface area contributed by atoms with Crippen LogP contribution in [-0.2, 0) is 4.74 Å². The van der Waals surface area contributed by atoms with Gasteiger partial charge in [0.2, 0.25) is 0 Å². The molecule has 0 aromatic heterocycles. The van der Waals surface area contributed by atoms with Crippen molar-refractivity contribution in [3.05, 3.63) is 0 Å². The predicted molar refractivity (Wildman–Crippen MR) is 62.5 cm³/mol. The number of hydrogen-bond acceptors (Lipinski definition) is 1. The monoisotopic (exact) mass is 250 g/mol. The lowest BCUT2D eigenvalue weighted by atomic mass is 9.89. The third-order valence-electron chi connectivity index (χ3n) is 2.25. The summed E-state index contributed by atoms with van der Waals surface area (Å²) in [6.07, 6.45) is 5.05. The van der Waals surface area contributed by atoms with Crippen LogP contribution in [0.5, 0.6) is 0 Å². The molecule has 2 heteroatoms. The van der Waals surface area contributed by atoms with Crippen LogP contribution in [0, 0.1) is 5.41 Å². The molecule has 0 saturated heterocycles. The van der Waals surface area contributed by atoms with Crippen molar-refractivity contribution in [2.75, 3.05) is 13.7 Å². The van der Waals surface area contributed by atoms with Crippen molar-refractivity contribution in [3.8, 4) is 0 Å². The van der Waals surface area contributed by atoms with Crippen molar-refractivity contribution in [1.29, 1.82) is 0 Å².